The summed E-state index contributed by atoms with van der Waals surface area (Å²) < 4.78 is 4.86. The molecule has 0 bridgehead atoms. The Morgan fingerprint density at radius 1 is 1.50 bits per heavy atom. The van der Waals surface area contributed by atoms with Crippen LogP contribution in [0.2, 0.25) is 5.02 Å². The Hall–Kier alpha value is -1.33. The van der Waals surface area contributed by atoms with Gasteiger partial charge in [0.2, 0.25) is 11.6 Å². The topological polar surface area (TPSA) is 66.2 Å². The molecule has 2 aromatic rings. The summed E-state index contributed by atoms with van der Waals surface area (Å²) in [5.74, 6) is -0.951. The number of rotatable bonds is 2. The zero-order valence-corrected chi connectivity index (χ0v) is 9.85. The SMILES string of the molecule is CSc1cccc(Cl)c1-c1oc(=O)[nH]c1O. The van der Waals surface area contributed by atoms with E-state index in [1.165, 1.54) is 11.8 Å². The highest BCUT2D eigenvalue weighted by Gasteiger charge is 2.18. The summed E-state index contributed by atoms with van der Waals surface area (Å²) >= 11 is 7.47. The highest BCUT2D eigenvalue weighted by Crippen LogP contribution is 2.38. The third-order valence-corrected chi connectivity index (χ3v) is 3.15. The number of aromatic hydroxyl groups is 1. The molecule has 6 heteroatoms. The lowest BCUT2D eigenvalue weighted by atomic mass is 10.2. The van der Waals surface area contributed by atoms with Gasteiger partial charge in [-0.1, -0.05) is 17.7 Å². The van der Waals surface area contributed by atoms with Gasteiger partial charge < -0.3 is 9.52 Å². The predicted molar refractivity (Wildman–Crippen MR) is 63.2 cm³/mol. The molecule has 0 aliphatic rings. The van der Waals surface area contributed by atoms with Crippen molar-refractivity contribution < 1.29 is 9.52 Å². The summed E-state index contributed by atoms with van der Waals surface area (Å²) in [5.41, 5.74) is 0.521. The maximum absolute atomic E-state index is 11.0. The maximum Gasteiger partial charge on any atom is 0.419 e. The molecule has 1 aromatic heterocycles. The van der Waals surface area contributed by atoms with Crippen LogP contribution in [0.4, 0.5) is 0 Å². The van der Waals surface area contributed by atoms with Crippen molar-refractivity contribution in [1.29, 1.82) is 0 Å². The maximum atomic E-state index is 11.0. The van der Waals surface area contributed by atoms with E-state index in [1.807, 2.05) is 12.3 Å². The minimum Gasteiger partial charge on any atom is -0.492 e. The van der Waals surface area contributed by atoms with Crippen LogP contribution in [-0.4, -0.2) is 16.3 Å². The van der Waals surface area contributed by atoms with Gasteiger partial charge >= 0.3 is 5.76 Å². The second kappa shape index (κ2) is 4.27. The minimum absolute atomic E-state index is 0.0694. The lowest BCUT2D eigenvalue weighted by Crippen LogP contribution is -1.93. The van der Waals surface area contributed by atoms with Crippen molar-refractivity contribution >= 4 is 23.4 Å². The van der Waals surface area contributed by atoms with Crippen LogP contribution in [-0.2, 0) is 0 Å². The van der Waals surface area contributed by atoms with E-state index in [2.05, 4.69) is 4.98 Å². The van der Waals surface area contributed by atoms with Crippen LogP contribution in [0.3, 0.4) is 0 Å². The van der Waals surface area contributed by atoms with E-state index >= 15 is 0 Å². The van der Waals surface area contributed by atoms with Gasteiger partial charge in [0.1, 0.15) is 0 Å². The van der Waals surface area contributed by atoms with Crippen molar-refractivity contribution in [3.63, 3.8) is 0 Å². The van der Waals surface area contributed by atoms with Gasteiger partial charge in [-0.25, -0.2) is 4.79 Å². The summed E-state index contributed by atoms with van der Waals surface area (Å²) in [7, 11) is 0. The molecular weight excluding hydrogens is 250 g/mol. The molecule has 0 unspecified atom stereocenters. The molecule has 1 heterocycles. The Bertz CT molecular complexity index is 576. The van der Waals surface area contributed by atoms with Crippen molar-refractivity contribution in [1.82, 2.24) is 4.98 Å². The van der Waals surface area contributed by atoms with Crippen LogP contribution in [0.15, 0.2) is 32.3 Å². The fraction of sp³-hybridized carbons (Fsp3) is 0.100. The summed E-state index contributed by atoms with van der Waals surface area (Å²) in [6.07, 6.45) is 1.87. The smallest absolute Gasteiger partial charge is 0.419 e. The number of H-pyrrole nitrogens is 1. The predicted octanol–water partition coefficient (Wildman–Crippen LogP) is 2.72. The Kier molecular flexibility index (Phi) is 2.98. The lowest BCUT2D eigenvalue weighted by Gasteiger charge is -2.06. The Balaban J connectivity index is 2.72. The van der Waals surface area contributed by atoms with Gasteiger partial charge in [-0.3, -0.25) is 4.98 Å². The number of nitrogens with one attached hydrogen (secondary N) is 1. The molecule has 2 rings (SSSR count). The molecule has 0 aliphatic carbocycles. The van der Waals surface area contributed by atoms with Crippen LogP contribution in [0, 0.1) is 0 Å². The quantitative estimate of drug-likeness (QED) is 0.812. The normalized spacial score (nSPS) is 10.6. The van der Waals surface area contributed by atoms with E-state index in [0.29, 0.717) is 10.6 Å². The molecule has 0 atom stereocenters. The number of halogens is 1. The van der Waals surface area contributed by atoms with Crippen LogP contribution in [0.1, 0.15) is 0 Å². The fourth-order valence-electron chi connectivity index (χ4n) is 1.38. The first-order valence-corrected chi connectivity index (χ1v) is 5.98. The monoisotopic (exact) mass is 257 g/mol. The minimum atomic E-state index is -0.709. The summed E-state index contributed by atoms with van der Waals surface area (Å²) in [6.45, 7) is 0. The fourth-order valence-corrected chi connectivity index (χ4v) is 2.32. The van der Waals surface area contributed by atoms with Gasteiger partial charge in [-0.15, -0.1) is 11.8 Å². The molecule has 0 saturated heterocycles. The van der Waals surface area contributed by atoms with Crippen molar-refractivity contribution in [3.8, 4) is 17.2 Å². The molecule has 84 valence electrons. The Morgan fingerprint density at radius 2 is 2.25 bits per heavy atom. The van der Waals surface area contributed by atoms with E-state index in [9.17, 15) is 9.90 Å². The molecule has 1 aromatic carbocycles. The summed E-state index contributed by atoms with van der Waals surface area (Å²) in [4.78, 5) is 13.9. The lowest BCUT2D eigenvalue weighted by molar-refractivity contribution is 0.452. The first-order chi connectivity index (χ1) is 7.63. The van der Waals surface area contributed by atoms with Gasteiger partial charge in [0, 0.05) is 4.90 Å². The molecule has 2 N–H and O–H groups in total. The van der Waals surface area contributed by atoms with Gasteiger partial charge in [-0.2, -0.15) is 0 Å². The first kappa shape index (κ1) is 11.2. The molecule has 0 spiro atoms. The largest absolute Gasteiger partial charge is 0.492 e. The third kappa shape index (κ3) is 1.83. The average molecular weight is 258 g/mol. The van der Waals surface area contributed by atoms with Crippen LogP contribution in [0.25, 0.3) is 11.3 Å². The number of aromatic nitrogens is 1. The van der Waals surface area contributed by atoms with Crippen molar-refractivity contribution in [2.75, 3.05) is 6.26 Å². The third-order valence-electron chi connectivity index (χ3n) is 2.05. The van der Waals surface area contributed by atoms with Crippen LogP contribution in [0.5, 0.6) is 5.88 Å². The highest BCUT2D eigenvalue weighted by molar-refractivity contribution is 7.98. The van der Waals surface area contributed by atoms with Crippen molar-refractivity contribution in [2.45, 2.75) is 4.90 Å². The standard InChI is InChI=1S/C10H8ClNO3S/c1-16-6-4-2-3-5(11)7(6)8-9(13)12-10(14)15-8/h2-4,13H,1H3,(H,12,14). The number of benzene rings is 1. The summed E-state index contributed by atoms with van der Waals surface area (Å²) in [5, 5.41) is 9.93. The molecular formula is C10H8ClNO3S. The van der Waals surface area contributed by atoms with E-state index in [1.54, 1.807) is 12.1 Å². The van der Waals surface area contributed by atoms with Gasteiger partial charge in [0.05, 0.1) is 10.6 Å². The molecule has 0 fully saturated rings. The Morgan fingerprint density at radius 3 is 2.81 bits per heavy atom. The zero-order chi connectivity index (χ0) is 11.7. The van der Waals surface area contributed by atoms with Gasteiger partial charge in [-0.05, 0) is 18.4 Å². The van der Waals surface area contributed by atoms with Gasteiger partial charge in [0.25, 0.3) is 0 Å². The average Bonchev–Trinajstić information content (AvgIpc) is 2.57. The second-order valence-corrected chi connectivity index (χ2v) is 4.26. The number of hydrogen-bond donors (Lipinski definition) is 2. The molecule has 16 heavy (non-hydrogen) atoms. The Labute approximate surface area is 100 Å². The second-order valence-electron chi connectivity index (χ2n) is 3.01. The highest BCUT2D eigenvalue weighted by atomic mass is 35.5. The molecule has 0 amide bonds. The zero-order valence-electron chi connectivity index (χ0n) is 8.28. The van der Waals surface area contributed by atoms with Crippen LogP contribution >= 0.6 is 23.4 Å². The number of thioether (sulfide) groups is 1. The molecule has 4 nitrogen and oxygen atoms in total. The van der Waals surface area contributed by atoms with Crippen molar-refractivity contribution in [3.05, 3.63) is 33.8 Å². The van der Waals surface area contributed by atoms with Gasteiger partial charge in [0.15, 0.2) is 0 Å². The molecule has 0 radical (unpaired) electrons. The first-order valence-electron chi connectivity index (χ1n) is 4.38. The van der Waals surface area contributed by atoms with E-state index in [4.69, 9.17) is 16.0 Å². The van der Waals surface area contributed by atoms with E-state index < -0.39 is 5.76 Å². The molecule has 0 saturated carbocycles. The van der Waals surface area contributed by atoms with Crippen molar-refractivity contribution in [2.24, 2.45) is 0 Å². The summed E-state index contributed by atoms with van der Waals surface area (Å²) in [6, 6.07) is 5.29. The number of aromatic amines is 1. The van der Waals surface area contributed by atoms with E-state index in [0.717, 1.165) is 4.90 Å². The number of hydrogen-bond acceptors (Lipinski definition) is 4. The molecule has 0 aliphatic heterocycles. The number of oxazole rings is 1. The van der Waals surface area contributed by atoms with Crippen LogP contribution < -0.4 is 5.76 Å². The van der Waals surface area contributed by atoms with E-state index in [-0.39, 0.29) is 11.6 Å².